The number of thiophene rings is 1. The van der Waals surface area contributed by atoms with Gasteiger partial charge in [-0.2, -0.15) is 14.4 Å². The number of benzene rings is 2. The molecule has 0 aliphatic heterocycles. The first-order valence-electron chi connectivity index (χ1n) is 11.4. The highest BCUT2D eigenvalue weighted by molar-refractivity contribution is 7.89. The van der Waals surface area contributed by atoms with E-state index < -0.39 is 21.7 Å². The third-order valence-corrected chi connectivity index (χ3v) is 9.10. The molecule has 0 unspecified atom stereocenters. The lowest BCUT2D eigenvalue weighted by molar-refractivity contribution is 0.0987. The molecule has 2 heterocycles. The Labute approximate surface area is 227 Å². The fourth-order valence-corrected chi connectivity index (χ4v) is 6.36. The molecular formula is C25H25FN4O5S3. The Morgan fingerprint density at radius 2 is 1.79 bits per heavy atom. The van der Waals surface area contributed by atoms with Crippen molar-refractivity contribution < 1.29 is 27.1 Å². The highest BCUT2D eigenvalue weighted by Crippen LogP contribution is 2.31. The average Bonchev–Trinajstić information content (AvgIpc) is 3.58. The highest BCUT2D eigenvalue weighted by Gasteiger charge is 2.26. The van der Waals surface area contributed by atoms with Gasteiger partial charge in [0.25, 0.3) is 5.91 Å². The summed E-state index contributed by atoms with van der Waals surface area (Å²) in [5.41, 5.74) is 0.738. The Hall–Kier alpha value is -3.07. The number of aromatic nitrogens is 1. The van der Waals surface area contributed by atoms with E-state index >= 15 is 0 Å². The van der Waals surface area contributed by atoms with Gasteiger partial charge in [0.05, 0.1) is 34.5 Å². The molecule has 38 heavy (non-hydrogen) atoms. The number of carbonyl (C=O) groups is 1. The number of fused-ring (bicyclic) bond motifs is 1. The maximum absolute atomic E-state index is 13.7. The first-order valence-corrected chi connectivity index (χ1v) is 14.5. The number of sulfonamides is 1. The Morgan fingerprint density at radius 3 is 2.42 bits per heavy atom. The molecule has 4 rings (SSSR count). The summed E-state index contributed by atoms with van der Waals surface area (Å²) in [6, 6.07) is 13.5. The molecule has 1 amide bonds. The number of nitrogens with zero attached hydrogens (tertiary/aromatic N) is 4. The van der Waals surface area contributed by atoms with E-state index in [1.54, 1.807) is 0 Å². The summed E-state index contributed by atoms with van der Waals surface area (Å²) in [4.78, 5) is 18.9. The quantitative estimate of drug-likeness (QED) is 0.182. The second kappa shape index (κ2) is 12.7. The lowest BCUT2D eigenvalue weighted by atomic mass is 10.2. The molecule has 0 saturated carbocycles. The normalized spacial score (nSPS) is 12.1. The Bertz CT molecular complexity index is 1500. The van der Waals surface area contributed by atoms with E-state index in [4.69, 9.17) is 9.47 Å². The van der Waals surface area contributed by atoms with Crippen LogP contribution in [0.1, 0.15) is 15.2 Å². The summed E-state index contributed by atoms with van der Waals surface area (Å²) in [5, 5.41) is 7.64. The van der Waals surface area contributed by atoms with Crippen LogP contribution < -0.4 is 5.01 Å². The molecule has 4 aromatic rings. The number of carbonyl (C=O) groups excluding carboxylic acids is 1. The summed E-state index contributed by atoms with van der Waals surface area (Å²) in [7, 11) is -0.855. The Kier molecular flexibility index (Phi) is 9.31. The summed E-state index contributed by atoms with van der Waals surface area (Å²) >= 11 is 2.57. The van der Waals surface area contributed by atoms with Gasteiger partial charge in [0.2, 0.25) is 15.2 Å². The second-order valence-electron chi connectivity index (χ2n) is 7.90. The van der Waals surface area contributed by atoms with Gasteiger partial charge < -0.3 is 9.47 Å². The summed E-state index contributed by atoms with van der Waals surface area (Å²) in [6.07, 6.45) is 1.54. The van der Waals surface area contributed by atoms with Crippen LogP contribution in [-0.4, -0.2) is 70.4 Å². The van der Waals surface area contributed by atoms with Gasteiger partial charge in [-0.15, -0.1) is 11.3 Å². The van der Waals surface area contributed by atoms with Crippen LogP contribution in [0.15, 0.2) is 70.0 Å². The molecule has 13 heteroatoms. The molecule has 200 valence electrons. The SMILES string of the molecule is COCCN(CCOC)S(=O)(=O)c1ccc(C(=O)N(/N=C/c2cccs2)c2nc3ccc(F)cc3s2)cc1. The zero-order chi connectivity index (χ0) is 27.1. The molecule has 9 nitrogen and oxygen atoms in total. The molecule has 0 saturated heterocycles. The average molecular weight is 577 g/mol. The molecule has 2 aromatic carbocycles. The van der Waals surface area contributed by atoms with E-state index in [2.05, 4.69) is 10.1 Å². The number of anilines is 1. The third-order valence-electron chi connectivity index (χ3n) is 5.39. The standard InChI is InChI=1S/C25H25FN4O5S3/c1-34-13-11-29(12-14-35-2)38(32,33)21-8-5-18(6-9-21)24(31)30(27-17-20-4-3-15-36-20)25-28-22-10-7-19(26)16-23(22)37-25/h3-10,15-17H,11-14H2,1-2H3/b27-17+. The van der Waals surface area contributed by atoms with Crippen molar-refractivity contribution in [1.29, 1.82) is 0 Å². The lowest BCUT2D eigenvalue weighted by Gasteiger charge is -2.21. The van der Waals surface area contributed by atoms with Crippen molar-refractivity contribution in [2.24, 2.45) is 5.10 Å². The molecule has 0 N–H and O–H groups in total. The first kappa shape index (κ1) is 28.0. The van der Waals surface area contributed by atoms with E-state index in [-0.39, 0.29) is 41.9 Å². The van der Waals surface area contributed by atoms with Crippen molar-refractivity contribution in [1.82, 2.24) is 9.29 Å². The van der Waals surface area contributed by atoms with Crippen molar-refractivity contribution in [2.75, 3.05) is 45.5 Å². The Morgan fingerprint density at radius 1 is 1.08 bits per heavy atom. The van der Waals surface area contributed by atoms with Gasteiger partial charge in [0.1, 0.15) is 5.82 Å². The third kappa shape index (κ3) is 6.49. The molecular weight excluding hydrogens is 551 g/mol. The van der Waals surface area contributed by atoms with E-state index in [0.29, 0.717) is 10.2 Å². The second-order valence-corrected chi connectivity index (χ2v) is 11.8. The maximum atomic E-state index is 13.7. The highest BCUT2D eigenvalue weighted by atomic mass is 32.2. The van der Waals surface area contributed by atoms with Crippen LogP contribution >= 0.6 is 22.7 Å². The van der Waals surface area contributed by atoms with Gasteiger partial charge in [-0.05, 0) is 53.9 Å². The monoisotopic (exact) mass is 576 g/mol. The predicted octanol–water partition coefficient (Wildman–Crippen LogP) is 4.46. The van der Waals surface area contributed by atoms with E-state index in [9.17, 15) is 17.6 Å². The van der Waals surface area contributed by atoms with Crippen molar-refractivity contribution in [2.45, 2.75) is 4.90 Å². The molecule has 0 spiro atoms. The van der Waals surface area contributed by atoms with Crippen LogP contribution in [0.3, 0.4) is 0 Å². The van der Waals surface area contributed by atoms with Crippen molar-refractivity contribution in [3.05, 3.63) is 76.2 Å². The minimum Gasteiger partial charge on any atom is -0.383 e. The van der Waals surface area contributed by atoms with Gasteiger partial charge in [0.15, 0.2) is 0 Å². The predicted molar refractivity (Wildman–Crippen MR) is 147 cm³/mol. The minimum absolute atomic E-state index is 0.0327. The van der Waals surface area contributed by atoms with Crippen LogP contribution in [-0.2, 0) is 19.5 Å². The van der Waals surface area contributed by atoms with Gasteiger partial charge in [-0.25, -0.2) is 17.8 Å². The van der Waals surface area contributed by atoms with Gasteiger partial charge >= 0.3 is 0 Å². The van der Waals surface area contributed by atoms with Gasteiger partial charge in [0, 0.05) is 37.7 Å². The summed E-state index contributed by atoms with van der Waals surface area (Å²) in [6.45, 7) is 0.768. The van der Waals surface area contributed by atoms with Crippen LogP contribution in [0.2, 0.25) is 0 Å². The molecule has 0 aliphatic rings. The number of hydrazone groups is 1. The van der Waals surface area contributed by atoms with Crippen LogP contribution in [0.25, 0.3) is 10.2 Å². The largest absolute Gasteiger partial charge is 0.383 e. The van der Waals surface area contributed by atoms with E-state index in [1.807, 2.05) is 17.5 Å². The molecule has 0 aliphatic carbocycles. The number of amides is 1. The smallest absolute Gasteiger partial charge is 0.280 e. The molecule has 0 fully saturated rings. The van der Waals surface area contributed by atoms with Crippen molar-refractivity contribution in [3.63, 3.8) is 0 Å². The Balaban J connectivity index is 1.64. The van der Waals surface area contributed by atoms with Crippen molar-refractivity contribution >= 4 is 60.2 Å². The molecule has 2 aromatic heterocycles. The number of methoxy groups -OCH3 is 2. The maximum Gasteiger partial charge on any atom is 0.280 e. The molecule has 0 bridgehead atoms. The van der Waals surface area contributed by atoms with E-state index in [1.165, 1.54) is 78.5 Å². The van der Waals surface area contributed by atoms with E-state index in [0.717, 1.165) is 21.2 Å². The zero-order valence-corrected chi connectivity index (χ0v) is 23.1. The number of halogens is 1. The fourth-order valence-electron chi connectivity index (χ4n) is 3.42. The first-order chi connectivity index (χ1) is 18.3. The lowest BCUT2D eigenvalue weighted by Crippen LogP contribution is -2.36. The van der Waals surface area contributed by atoms with Gasteiger partial charge in [-0.1, -0.05) is 17.4 Å². The summed E-state index contributed by atoms with van der Waals surface area (Å²) in [5.74, 6) is -0.925. The van der Waals surface area contributed by atoms with Gasteiger partial charge in [-0.3, -0.25) is 4.79 Å². The van der Waals surface area contributed by atoms with Crippen molar-refractivity contribution in [3.8, 4) is 0 Å². The van der Waals surface area contributed by atoms with Crippen LogP contribution in [0, 0.1) is 5.82 Å². The number of rotatable bonds is 12. The summed E-state index contributed by atoms with van der Waals surface area (Å²) < 4.78 is 52.1. The molecule has 0 radical (unpaired) electrons. The number of hydrogen-bond donors (Lipinski definition) is 0. The van der Waals surface area contributed by atoms with Crippen LogP contribution in [0.5, 0.6) is 0 Å². The number of ether oxygens (including phenoxy) is 2. The van der Waals surface area contributed by atoms with Crippen LogP contribution in [0.4, 0.5) is 9.52 Å². The fraction of sp³-hybridized carbons (Fsp3) is 0.240. The topological polar surface area (TPSA) is 101 Å². The molecule has 0 atom stereocenters. The number of thiazole rings is 1. The zero-order valence-electron chi connectivity index (χ0n) is 20.6. The minimum atomic E-state index is -3.85. The number of hydrogen-bond acceptors (Lipinski definition) is 9.